The monoisotopic (exact) mass is 360 g/mol. The highest BCUT2D eigenvalue weighted by atomic mass is 14.1. The van der Waals surface area contributed by atoms with Gasteiger partial charge >= 0.3 is 0 Å². The molecule has 2 aliphatic rings. The summed E-state index contributed by atoms with van der Waals surface area (Å²) in [6.45, 7) is 2.51. The van der Waals surface area contributed by atoms with E-state index >= 15 is 0 Å². The number of hydrogen-bond acceptors (Lipinski definition) is 0. The lowest BCUT2D eigenvalue weighted by molar-refractivity contribution is 0.418. The molecule has 2 rings (SSSR count). The molecule has 0 bridgehead atoms. The van der Waals surface area contributed by atoms with Gasteiger partial charge in [-0.3, -0.25) is 0 Å². The molecule has 0 aromatic carbocycles. The molecule has 0 aliphatic heterocycles. The number of hydrogen-bond donors (Lipinski definition) is 0. The van der Waals surface area contributed by atoms with Gasteiger partial charge < -0.3 is 0 Å². The van der Waals surface area contributed by atoms with Crippen molar-refractivity contribution in [3.63, 3.8) is 0 Å². The van der Waals surface area contributed by atoms with Crippen molar-refractivity contribution in [2.24, 2.45) is 5.92 Å². The molecule has 2 atom stereocenters. The lowest BCUT2D eigenvalue weighted by atomic mass is 9.50. The maximum Gasteiger partial charge on any atom is 0.127 e. The topological polar surface area (TPSA) is 0 Å². The Balaban J connectivity index is 1.78. The van der Waals surface area contributed by atoms with E-state index in [9.17, 15) is 0 Å². The summed E-state index contributed by atoms with van der Waals surface area (Å²) in [5, 5.41) is 0. The zero-order valence-corrected chi connectivity index (χ0v) is 18.3. The van der Waals surface area contributed by atoms with Crippen molar-refractivity contribution in [1.82, 2.24) is 0 Å². The van der Waals surface area contributed by atoms with E-state index < -0.39 is 0 Å². The average molecular weight is 360 g/mol. The van der Waals surface area contributed by atoms with E-state index in [4.69, 9.17) is 0 Å². The van der Waals surface area contributed by atoms with Gasteiger partial charge in [-0.1, -0.05) is 153 Å². The van der Waals surface area contributed by atoms with Crippen LogP contribution in [0.5, 0.6) is 0 Å². The van der Waals surface area contributed by atoms with Gasteiger partial charge in [-0.15, -0.1) is 0 Å². The van der Waals surface area contributed by atoms with Crippen LogP contribution in [-0.4, -0.2) is 7.28 Å². The van der Waals surface area contributed by atoms with Crippen LogP contribution < -0.4 is 0 Å². The third kappa shape index (κ3) is 11.0. The van der Waals surface area contributed by atoms with Crippen LogP contribution in [0.4, 0.5) is 0 Å². The molecule has 0 aromatic rings. The summed E-state index contributed by atoms with van der Waals surface area (Å²) >= 11 is 0. The Kier molecular flexibility index (Phi) is 12.9. The minimum absolute atomic E-state index is 0.983. The van der Waals surface area contributed by atoms with Crippen molar-refractivity contribution < 1.29 is 0 Å². The SMILES string of the molecule is CC1CCCCCCCC(BC2CCCCCCCCCCC2)CCC1. The van der Waals surface area contributed by atoms with Gasteiger partial charge in [0.05, 0.1) is 0 Å². The van der Waals surface area contributed by atoms with Crippen molar-refractivity contribution in [2.75, 3.05) is 0 Å². The van der Waals surface area contributed by atoms with Gasteiger partial charge in [-0.25, -0.2) is 0 Å². The number of rotatable bonds is 2. The van der Waals surface area contributed by atoms with Gasteiger partial charge in [0, 0.05) is 0 Å². The molecule has 0 spiro atoms. The molecule has 2 saturated carbocycles. The summed E-state index contributed by atoms with van der Waals surface area (Å²) in [6.07, 6.45) is 31.8. The molecule has 2 unspecified atom stereocenters. The molecule has 26 heavy (non-hydrogen) atoms. The Bertz CT molecular complexity index is 301. The Labute approximate surface area is 166 Å². The van der Waals surface area contributed by atoms with Crippen molar-refractivity contribution >= 4 is 7.28 Å². The van der Waals surface area contributed by atoms with E-state index in [1.54, 1.807) is 33.0 Å². The second-order valence-electron chi connectivity index (χ2n) is 10.1. The molecule has 0 saturated heterocycles. The van der Waals surface area contributed by atoms with Crippen LogP contribution in [0.2, 0.25) is 11.6 Å². The zero-order valence-electron chi connectivity index (χ0n) is 18.3. The summed E-state index contributed by atoms with van der Waals surface area (Å²) in [6, 6.07) is 0. The third-order valence-corrected chi connectivity index (χ3v) is 7.51. The first-order valence-electron chi connectivity index (χ1n) is 12.8. The maximum atomic E-state index is 2.51. The van der Waals surface area contributed by atoms with Crippen LogP contribution in [0.3, 0.4) is 0 Å². The molecule has 1 heteroatoms. The van der Waals surface area contributed by atoms with E-state index in [1.165, 1.54) is 109 Å². The van der Waals surface area contributed by atoms with Crippen molar-refractivity contribution in [3.05, 3.63) is 0 Å². The maximum absolute atomic E-state index is 2.51. The minimum atomic E-state index is 0.983. The Morgan fingerprint density at radius 3 is 1.15 bits per heavy atom. The summed E-state index contributed by atoms with van der Waals surface area (Å²) in [7, 11) is 1.58. The normalized spacial score (nSPS) is 30.2. The van der Waals surface area contributed by atoms with E-state index in [0.717, 1.165) is 17.6 Å². The van der Waals surface area contributed by atoms with Crippen molar-refractivity contribution in [1.29, 1.82) is 0 Å². The van der Waals surface area contributed by atoms with Crippen LogP contribution in [0.15, 0.2) is 0 Å². The highest BCUT2D eigenvalue weighted by molar-refractivity contribution is 6.39. The van der Waals surface area contributed by atoms with Crippen molar-refractivity contribution in [3.8, 4) is 0 Å². The van der Waals surface area contributed by atoms with E-state index in [-0.39, 0.29) is 0 Å². The highest BCUT2D eigenvalue weighted by Crippen LogP contribution is 2.33. The van der Waals surface area contributed by atoms with E-state index in [1.807, 2.05) is 0 Å². The lowest BCUT2D eigenvalue weighted by Gasteiger charge is -2.24. The standard InChI is InChI=1S/C25H49B/c1-23-17-12-8-7-11-15-21-25(22-16-18-23)26-24-19-13-9-5-3-2-4-6-10-14-20-24/h23-26H,2-22H2,1H3. The molecule has 0 nitrogen and oxygen atoms in total. The summed E-state index contributed by atoms with van der Waals surface area (Å²) in [5.74, 6) is 3.10. The minimum Gasteiger partial charge on any atom is -0.0654 e. The third-order valence-electron chi connectivity index (χ3n) is 7.51. The fourth-order valence-corrected chi connectivity index (χ4v) is 5.69. The van der Waals surface area contributed by atoms with Crippen LogP contribution in [0.25, 0.3) is 0 Å². The van der Waals surface area contributed by atoms with E-state index in [2.05, 4.69) is 6.92 Å². The summed E-state index contributed by atoms with van der Waals surface area (Å²) in [4.78, 5) is 0. The van der Waals surface area contributed by atoms with Gasteiger partial charge in [0.1, 0.15) is 7.28 Å². The molecule has 152 valence electrons. The molecule has 2 fully saturated rings. The van der Waals surface area contributed by atoms with Gasteiger partial charge in [0.2, 0.25) is 0 Å². The summed E-state index contributed by atoms with van der Waals surface area (Å²) in [5.41, 5.74) is 0. The molecule has 0 radical (unpaired) electrons. The first-order chi connectivity index (χ1) is 12.8. The first kappa shape index (κ1) is 22.4. The Morgan fingerprint density at radius 2 is 0.692 bits per heavy atom. The zero-order chi connectivity index (χ0) is 18.3. The van der Waals surface area contributed by atoms with Crippen LogP contribution in [-0.2, 0) is 0 Å². The van der Waals surface area contributed by atoms with Crippen LogP contribution in [0.1, 0.15) is 142 Å². The average Bonchev–Trinajstić information content (AvgIpc) is 2.61. The molecule has 0 aromatic heterocycles. The first-order valence-corrected chi connectivity index (χ1v) is 12.8. The molecule has 2 aliphatic carbocycles. The quantitative estimate of drug-likeness (QED) is 0.431. The predicted molar refractivity (Wildman–Crippen MR) is 121 cm³/mol. The van der Waals surface area contributed by atoms with Gasteiger partial charge in [-0.2, -0.15) is 0 Å². The molecular formula is C25H49B. The second-order valence-corrected chi connectivity index (χ2v) is 10.1. The van der Waals surface area contributed by atoms with E-state index in [0.29, 0.717) is 0 Å². The molecular weight excluding hydrogens is 311 g/mol. The highest BCUT2D eigenvalue weighted by Gasteiger charge is 2.19. The van der Waals surface area contributed by atoms with Gasteiger partial charge in [0.15, 0.2) is 0 Å². The molecule has 0 heterocycles. The van der Waals surface area contributed by atoms with Gasteiger partial charge in [0.25, 0.3) is 0 Å². The largest absolute Gasteiger partial charge is 0.127 e. The smallest absolute Gasteiger partial charge is 0.0654 e. The van der Waals surface area contributed by atoms with Crippen LogP contribution >= 0.6 is 0 Å². The molecule has 0 amide bonds. The lowest BCUT2D eigenvalue weighted by Crippen LogP contribution is -2.13. The fraction of sp³-hybridized carbons (Fsp3) is 1.00. The second kappa shape index (κ2) is 15.0. The predicted octanol–water partition coefficient (Wildman–Crippen LogP) is 8.86. The Hall–Kier alpha value is 0.0649. The van der Waals surface area contributed by atoms with Gasteiger partial charge in [-0.05, 0) is 5.92 Å². The van der Waals surface area contributed by atoms with Crippen LogP contribution in [0, 0.1) is 5.92 Å². The van der Waals surface area contributed by atoms with Crippen molar-refractivity contribution in [2.45, 2.75) is 153 Å². The summed E-state index contributed by atoms with van der Waals surface area (Å²) < 4.78 is 0. The fourth-order valence-electron chi connectivity index (χ4n) is 5.69. The molecule has 0 N–H and O–H groups in total. The Morgan fingerprint density at radius 1 is 0.385 bits per heavy atom.